The van der Waals surface area contributed by atoms with Gasteiger partial charge in [0.2, 0.25) is 0 Å². The third kappa shape index (κ3) is 31.8. The lowest BCUT2D eigenvalue weighted by molar-refractivity contribution is -0.870. The van der Waals surface area contributed by atoms with Crippen LogP contribution >= 0.6 is 7.82 Å². The fraction of sp³-hybridized carbons (Fsp3) is 0.708. The van der Waals surface area contributed by atoms with Crippen LogP contribution in [0.25, 0.3) is 0 Å². The lowest BCUT2D eigenvalue weighted by atomic mass is 9.88. The van der Waals surface area contributed by atoms with Crippen LogP contribution in [0.2, 0.25) is 0 Å². The Hall–Kier alpha value is -2.67. The Morgan fingerprint density at radius 1 is 0.738 bits per heavy atom. The van der Waals surface area contributed by atoms with Gasteiger partial charge < -0.3 is 34.2 Å². The largest absolute Gasteiger partial charge is 0.472 e. The van der Waals surface area contributed by atoms with Crippen LogP contribution in [0.4, 0.5) is 0 Å². The van der Waals surface area contributed by atoms with Gasteiger partial charge in [-0.15, -0.1) is 0 Å². The van der Waals surface area contributed by atoms with Gasteiger partial charge in [0.05, 0.1) is 46.1 Å². The molecule has 0 amide bonds. The minimum absolute atomic E-state index is 0.0193. The highest BCUT2D eigenvalue weighted by Gasteiger charge is 2.39. The van der Waals surface area contributed by atoms with Gasteiger partial charge in [-0.2, -0.15) is 0 Å². The summed E-state index contributed by atoms with van der Waals surface area (Å²) in [5.74, 6) is -1.32. The highest BCUT2D eigenvalue weighted by atomic mass is 31.2. The fourth-order valence-electron chi connectivity index (χ4n) is 6.73. The van der Waals surface area contributed by atoms with Crippen LogP contribution in [0, 0.1) is 11.8 Å². The Labute approximate surface area is 368 Å². The van der Waals surface area contributed by atoms with Gasteiger partial charge in [-0.1, -0.05) is 125 Å². The molecule has 0 aliphatic heterocycles. The number of hydrogen-bond donors (Lipinski definition) is 4. The molecular formula is C48H83NO11P+. The lowest BCUT2D eigenvalue weighted by Crippen LogP contribution is -2.37. The van der Waals surface area contributed by atoms with Crippen LogP contribution in [0.3, 0.4) is 0 Å². The molecule has 0 aromatic carbocycles. The number of aliphatic hydroxyl groups is 3. The number of phosphoric ester groups is 1. The summed E-state index contributed by atoms with van der Waals surface area (Å²) in [5, 5.41) is 31.5. The molecule has 7 atom stereocenters. The molecular weight excluding hydrogens is 797 g/mol. The second-order valence-corrected chi connectivity index (χ2v) is 18.5. The zero-order valence-corrected chi connectivity index (χ0v) is 39.1. The van der Waals surface area contributed by atoms with E-state index < -0.39 is 50.8 Å². The van der Waals surface area contributed by atoms with E-state index in [1.807, 2.05) is 33.3 Å². The standard InChI is InChI=1S/C48H82NO11P/c1-6-8-10-11-12-13-14-15-16-17-18-19-20-21-22-23-28-32-47(53)57-39-42(40-59-61(55,56)58-37-36-49(3,4)5)60-48(54)33-29-25-24-27-31-43-44(46(52)38-45(43)51)35-34-41(50)30-26-9-7-2/h8,10,12-13,15-16,18-19,21-22,34-35,41-46,50-52H,6-7,9,11,14,17,20,23-33,36-40H2,1-5H3/p+1/b10-8-,13-12-,16-15-,19-18-,22-21-,35-34+/t41-,42+,43+,44+,45-,46+/m0/s1. The Morgan fingerprint density at radius 2 is 1.34 bits per heavy atom. The maximum absolute atomic E-state index is 12.8. The number of carbonyl (C=O) groups excluding carboxylic acids is 2. The summed E-state index contributed by atoms with van der Waals surface area (Å²) in [6.45, 7) is 3.88. The minimum Gasteiger partial charge on any atom is -0.462 e. The first-order chi connectivity index (χ1) is 29.2. The predicted molar refractivity (Wildman–Crippen MR) is 244 cm³/mol. The van der Waals surface area contributed by atoms with Crippen molar-refractivity contribution in [1.82, 2.24) is 0 Å². The van der Waals surface area contributed by atoms with Crippen molar-refractivity contribution in [2.45, 2.75) is 160 Å². The molecule has 1 unspecified atom stereocenters. The van der Waals surface area contributed by atoms with Gasteiger partial charge in [0.1, 0.15) is 19.8 Å². The average molecular weight is 881 g/mol. The molecule has 1 aliphatic rings. The summed E-state index contributed by atoms with van der Waals surface area (Å²) < 4.78 is 34.3. The first-order valence-electron chi connectivity index (χ1n) is 22.9. The summed E-state index contributed by atoms with van der Waals surface area (Å²) in [7, 11) is 1.30. The third-order valence-electron chi connectivity index (χ3n) is 10.3. The Kier molecular flexibility index (Phi) is 32.1. The minimum atomic E-state index is -4.45. The Bertz CT molecular complexity index is 1390. The van der Waals surface area contributed by atoms with Crippen LogP contribution in [0.5, 0.6) is 0 Å². The second kappa shape index (κ2) is 34.8. The van der Waals surface area contributed by atoms with Gasteiger partial charge in [0, 0.05) is 25.2 Å². The molecule has 1 saturated carbocycles. The molecule has 0 radical (unpaired) electrons. The molecule has 0 aromatic heterocycles. The van der Waals surface area contributed by atoms with E-state index in [1.54, 1.807) is 6.08 Å². The van der Waals surface area contributed by atoms with Crippen molar-refractivity contribution < 1.29 is 57.4 Å². The van der Waals surface area contributed by atoms with Crippen LogP contribution < -0.4 is 0 Å². The fourth-order valence-corrected chi connectivity index (χ4v) is 7.47. The Balaban J connectivity index is 2.51. The number of unbranched alkanes of at least 4 members (excludes halogenated alkanes) is 6. The van der Waals surface area contributed by atoms with Gasteiger partial charge in [0.15, 0.2) is 6.10 Å². The first-order valence-corrected chi connectivity index (χ1v) is 24.4. The van der Waals surface area contributed by atoms with Crippen molar-refractivity contribution in [2.75, 3.05) is 47.5 Å². The number of quaternary nitrogens is 1. The van der Waals surface area contributed by atoms with Crippen LogP contribution in [0.1, 0.15) is 136 Å². The van der Waals surface area contributed by atoms with E-state index >= 15 is 0 Å². The smallest absolute Gasteiger partial charge is 0.462 e. The van der Waals surface area contributed by atoms with Crippen LogP contribution in [-0.4, -0.2) is 109 Å². The summed E-state index contributed by atoms with van der Waals surface area (Å²) in [6, 6.07) is 0. The van der Waals surface area contributed by atoms with Crippen molar-refractivity contribution in [3.63, 3.8) is 0 Å². The summed E-state index contributed by atoms with van der Waals surface area (Å²) in [4.78, 5) is 35.6. The zero-order valence-electron chi connectivity index (χ0n) is 38.2. The third-order valence-corrected chi connectivity index (χ3v) is 11.3. The molecule has 1 rings (SSSR count). The number of nitrogens with zero attached hydrogens (tertiary/aromatic N) is 1. The summed E-state index contributed by atoms with van der Waals surface area (Å²) in [6.07, 6.45) is 36.0. The van der Waals surface area contributed by atoms with Gasteiger partial charge in [-0.05, 0) is 70.1 Å². The van der Waals surface area contributed by atoms with Gasteiger partial charge >= 0.3 is 19.8 Å². The number of ether oxygens (including phenoxy) is 2. The van der Waals surface area contributed by atoms with Crippen molar-refractivity contribution in [2.24, 2.45) is 11.8 Å². The quantitative estimate of drug-likeness (QED) is 0.0156. The molecule has 0 aromatic rings. The van der Waals surface area contributed by atoms with E-state index in [4.69, 9.17) is 18.5 Å². The molecule has 350 valence electrons. The van der Waals surface area contributed by atoms with Crippen LogP contribution in [0.15, 0.2) is 72.9 Å². The van der Waals surface area contributed by atoms with E-state index in [-0.39, 0.29) is 37.9 Å². The number of likely N-dealkylation sites (N-methyl/N-ethyl adjacent to an activating group) is 1. The topological polar surface area (TPSA) is 169 Å². The van der Waals surface area contributed by atoms with E-state index in [1.165, 1.54) is 0 Å². The second-order valence-electron chi connectivity index (χ2n) is 17.0. The lowest BCUT2D eigenvalue weighted by Gasteiger charge is -2.24. The average Bonchev–Trinajstić information content (AvgIpc) is 3.47. The van der Waals surface area contributed by atoms with Crippen molar-refractivity contribution >= 4 is 19.8 Å². The first kappa shape index (κ1) is 56.3. The monoisotopic (exact) mass is 881 g/mol. The molecule has 1 aliphatic carbocycles. The predicted octanol–water partition coefficient (Wildman–Crippen LogP) is 9.40. The Morgan fingerprint density at radius 3 is 1.97 bits per heavy atom. The number of allylic oxidation sites excluding steroid dienone is 10. The molecule has 4 N–H and O–H groups in total. The number of phosphoric acid groups is 1. The highest BCUT2D eigenvalue weighted by Crippen LogP contribution is 2.43. The van der Waals surface area contributed by atoms with Crippen molar-refractivity contribution in [3.8, 4) is 0 Å². The molecule has 0 saturated heterocycles. The number of hydrogen-bond acceptors (Lipinski definition) is 10. The molecule has 13 heteroatoms. The van der Waals surface area contributed by atoms with E-state index in [9.17, 15) is 34.4 Å². The molecule has 1 fully saturated rings. The van der Waals surface area contributed by atoms with Gasteiger partial charge in [0.25, 0.3) is 0 Å². The van der Waals surface area contributed by atoms with Crippen molar-refractivity contribution in [1.29, 1.82) is 0 Å². The molecule has 0 bridgehead atoms. The zero-order chi connectivity index (χ0) is 45.2. The number of esters is 2. The highest BCUT2D eigenvalue weighted by molar-refractivity contribution is 7.47. The van der Waals surface area contributed by atoms with Crippen LogP contribution in [-0.2, 0) is 32.7 Å². The maximum atomic E-state index is 12.8. The number of carbonyl (C=O) groups is 2. The van der Waals surface area contributed by atoms with Gasteiger partial charge in [-0.25, -0.2) is 4.57 Å². The molecule has 0 spiro atoms. The van der Waals surface area contributed by atoms with E-state index in [2.05, 4.69) is 68.5 Å². The normalized spacial score (nSPS) is 20.9. The summed E-state index contributed by atoms with van der Waals surface area (Å²) in [5.41, 5.74) is 0. The van der Waals surface area contributed by atoms with Gasteiger partial charge in [-0.3, -0.25) is 18.6 Å². The van der Waals surface area contributed by atoms with Crippen molar-refractivity contribution in [3.05, 3.63) is 72.9 Å². The molecule has 61 heavy (non-hydrogen) atoms. The molecule has 12 nitrogen and oxygen atoms in total. The number of rotatable bonds is 36. The number of aliphatic hydroxyl groups excluding tert-OH is 3. The molecule has 0 heterocycles. The van der Waals surface area contributed by atoms with E-state index in [0.29, 0.717) is 43.1 Å². The maximum Gasteiger partial charge on any atom is 0.472 e. The SMILES string of the molecule is CC/C=C\C/C=C\C/C=C\C/C=C\C/C=C\CCCC(=O)OC[C@H](COP(=O)(O)OCC[N+](C)(C)C)OC(=O)CCCCCC[C@@H]1[C@@H](/C=C/[C@@H](O)CCCCC)[C@H](O)C[C@@H]1O. The summed E-state index contributed by atoms with van der Waals surface area (Å²) >= 11 is 0. The van der Waals surface area contributed by atoms with E-state index in [0.717, 1.165) is 77.0 Å².